The minimum Gasteiger partial charge on any atom is -0.414 e. The van der Waals surface area contributed by atoms with Gasteiger partial charge in [-0.15, -0.1) is 0 Å². The molecule has 1 heterocycles. The molecule has 1 aromatic rings. The van der Waals surface area contributed by atoms with E-state index in [1.807, 2.05) is 20.8 Å². The molecular formula is C16H29ClN2O4Si. The molecular weight excluding hydrogens is 348 g/mol. The Bertz CT molecular complexity index is 618. The van der Waals surface area contributed by atoms with Crippen molar-refractivity contribution in [3.8, 4) is 5.75 Å². The van der Waals surface area contributed by atoms with Gasteiger partial charge in [0.1, 0.15) is 6.61 Å². The molecule has 0 aliphatic carbocycles. The zero-order valence-electron chi connectivity index (χ0n) is 15.9. The fourth-order valence-corrected chi connectivity index (χ4v) is 2.79. The van der Waals surface area contributed by atoms with Gasteiger partial charge in [-0.2, -0.15) is 9.99 Å². The lowest BCUT2D eigenvalue weighted by molar-refractivity contribution is -0.211. The van der Waals surface area contributed by atoms with Gasteiger partial charge in [-0.3, -0.25) is 4.79 Å². The molecule has 0 saturated carbocycles. The third-order valence-corrected chi connectivity index (χ3v) is 8.99. The Balaban J connectivity index is 2.59. The molecule has 0 saturated heterocycles. The Labute approximate surface area is 150 Å². The Hall–Kier alpha value is -0.893. The summed E-state index contributed by atoms with van der Waals surface area (Å²) in [5.74, 6) is 0.106. The standard InChI is InChI=1S/C16H29ClN2O4Si/c1-15(2,3)19-14(20)13(17)12(11-18-19)23-21-9-10-22-24(7,8)16(4,5)6/h11H,9-10H2,1-8H3. The van der Waals surface area contributed by atoms with E-state index in [1.165, 1.54) is 10.9 Å². The molecule has 0 aromatic carbocycles. The Morgan fingerprint density at radius 1 is 1.17 bits per heavy atom. The molecule has 8 heteroatoms. The molecule has 138 valence electrons. The molecule has 0 aliphatic heterocycles. The molecule has 0 unspecified atom stereocenters. The van der Waals surface area contributed by atoms with Gasteiger partial charge in [0, 0.05) is 0 Å². The third-order valence-electron chi connectivity index (χ3n) is 4.11. The highest BCUT2D eigenvalue weighted by atomic mass is 35.5. The molecule has 0 bridgehead atoms. The molecule has 24 heavy (non-hydrogen) atoms. The summed E-state index contributed by atoms with van der Waals surface area (Å²) in [4.78, 5) is 22.4. The highest BCUT2D eigenvalue weighted by Gasteiger charge is 2.36. The van der Waals surface area contributed by atoms with Crippen molar-refractivity contribution < 1.29 is 14.2 Å². The summed E-state index contributed by atoms with van der Waals surface area (Å²) in [5.41, 5.74) is -0.875. The number of halogens is 1. The molecule has 1 rings (SSSR count). The van der Waals surface area contributed by atoms with Crippen molar-refractivity contribution in [2.45, 2.75) is 65.2 Å². The van der Waals surface area contributed by atoms with Crippen LogP contribution in [0.5, 0.6) is 5.75 Å². The van der Waals surface area contributed by atoms with Crippen LogP contribution in [0.3, 0.4) is 0 Å². The molecule has 0 radical (unpaired) electrons. The van der Waals surface area contributed by atoms with Gasteiger partial charge < -0.3 is 9.31 Å². The first-order valence-electron chi connectivity index (χ1n) is 7.99. The van der Waals surface area contributed by atoms with Crippen LogP contribution in [0.25, 0.3) is 0 Å². The smallest absolute Gasteiger partial charge is 0.290 e. The normalized spacial score (nSPS) is 13.2. The van der Waals surface area contributed by atoms with Crippen LogP contribution in [-0.2, 0) is 14.9 Å². The first-order chi connectivity index (χ1) is 10.8. The molecule has 0 N–H and O–H groups in total. The summed E-state index contributed by atoms with van der Waals surface area (Å²) in [6.07, 6.45) is 1.38. The van der Waals surface area contributed by atoms with Crippen molar-refractivity contribution in [3.05, 3.63) is 21.6 Å². The summed E-state index contributed by atoms with van der Waals surface area (Å²) in [6.45, 7) is 17.1. The number of hydrogen-bond donors (Lipinski definition) is 0. The van der Waals surface area contributed by atoms with E-state index in [0.717, 1.165) is 0 Å². The zero-order chi connectivity index (χ0) is 18.8. The zero-order valence-corrected chi connectivity index (χ0v) is 17.7. The maximum absolute atomic E-state index is 12.2. The van der Waals surface area contributed by atoms with Crippen LogP contribution in [0.4, 0.5) is 0 Å². The second kappa shape index (κ2) is 7.55. The summed E-state index contributed by atoms with van der Waals surface area (Å²) in [5, 5.41) is 4.16. The van der Waals surface area contributed by atoms with Crippen molar-refractivity contribution in [1.82, 2.24) is 9.78 Å². The van der Waals surface area contributed by atoms with Gasteiger partial charge in [-0.25, -0.2) is 4.68 Å². The predicted octanol–water partition coefficient (Wildman–Crippen LogP) is 3.98. The van der Waals surface area contributed by atoms with E-state index in [1.54, 1.807) is 0 Å². The van der Waals surface area contributed by atoms with Crippen LogP contribution >= 0.6 is 11.6 Å². The lowest BCUT2D eigenvalue weighted by atomic mass is 10.1. The molecule has 1 aromatic heterocycles. The highest BCUT2D eigenvalue weighted by Crippen LogP contribution is 2.36. The van der Waals surface area contributed by atoms with E-state index in [2.05, 4.69) is 39.0 Å². The molecule has 0 amide bonds. The van der Waals surface area contributed by atoms with Gasteiger partial charge in [0.2, 0.25) is 5.75 Å². The topological polar surface area (TPSA) is 62.6 Å². The second-order valence-corrected chi connectivity index (χ2v) is 13.4. The first-order valence-corrected chi connectivity index (χ1v) is 11.3. The molecule has 6 nitrogen and oxygen atoms in total. The van der Waals surface area contributed by atoms with E-state index in [-0.39, 0.29) is 22.4 Å². The van der Waals surface area contributed by atoms with Gasteiger partial charge in [0.15, 0.2) is 13.3 Å². The van der Waals surface area contributed by atoms with Gasteiger partial charge in [-0.05, 0) is 38.9 Å². The van der Waals surface area contributed by atoms with Gasteiger partial charge in [0.25, 0.3) is 5.56 Å². The minimum absolute atomic E-state index is 0.0507. The average Bonchev–Trinajstić information content (AvgIpc) is 2.40. The maximum atomic E-state index is 12.2. The maximum Gasteiger partial charge on any atom is 0.290 e. The van der Waals surface area contributed by atoms with Crippen LogP contribution in [0.15, 0.2) is 11.0 Å². The lowest BCUT2D eigenvalue weighted by Gasteiger charge is -2.35. The molecule has 0 spiro atoms. The molecule has 0 atom stereocenters. The summed E-state index contributed by atoms with van der Waals surface area (Å²) in [6, 6.07) is 0. The average molecular weight is 377 g/mol. The monoisotopic (exact) mass is 376 g/mol. The number of nitrogens with zero attached hydrogens (tertiary/aromatic N) is 2. The van der Waals surface area contributed by atoms with Crippen molar-refractivity contribution >= 4 is 19.9 Å². The fraction of sp³-hybridized carbons (Fsp3) is 0.750. The van der Waals surface area contributed by atoms with E-state index in [0.29, 0.717) is 6.61 Å². The summed E-state index contributed by atoms with van der Waals surface area (Å²) < 4.78 is 7.28. The van der Waals surface area contributed by atoms with Gasteiger partial charge >= 0.3 is 0 Å². The van der Waals surface area contributed by atoms with Crippen molar-refractivity contribution in [2.24, 2.45) is 0 Å². The van der Waals surface area contributed by atoms with Crippen LogP contribution < -0.4 is 10.4 Å². The molecule has 0 aliphatic rings. The van der Waals surface area contributed by atoms with Crippen molar-refractivity contribution in [2.75, 3.05) is 13.2 Å². The summed E-state index contributed by atoms with van der Waals surface area (Å²) >= 11 is 6.05. The van der Waals surface area contributed by atoms with E-state index >= 15 is 0 Å². The number of hydrogen-bond acceptors (Lipinski definition) is 5. The van der Waals surface area contributed by atoms with E-state index in [4.69, 9.17) is 25.8 Å². The van der Waals surface area contributed by atoms with Crippen LogP contribution in [0.2, 0.25) is 23.2 Å². The largest absolute Gasteiger partial charge is 0.414 e. The second-order valence-electron chi connectivity index (χ2n) is 8.22. The Kier molecular flexibility index (Phi) is 6.66. The quantitative estimate of drug-likeness (QED) is 0.325. The number of aromatic nitrogens is 2. The van der Waals surface area contributed by atoms with Crippen molar-refractivity contribution in [1.29, 1.82) is 0 Å². The Morgan fingerprint density at radius 2 is 1.75 bits per heavy atom. The van der Waals surface area contributed by atoms with Crippen LogP contribution in [0, 0.1) is 0 Å². The minimum atomic E-state index is -1.81. The highest BCUT2D eigenvalue weighted by molar-refractivity contribution is 6.74. The summed E-state index contributed by atoms with van der Waals surface area (Å²) in [7, 11) is -1.81. The van der Waals surface area contributed by atoms with Crippen LogP contribution in [0.1, 0.15) is 41.5 Å². The third kappa shape index (κ3) is 5.30. The number of rotatable bonds is 6. The van der Waals surface area contributed by atoms with E-state index in [9.17, 15) is 4.79 Å². The van der Waals surface area contributed by atoms with Crippen molar-refractivity contribution in [3.63, 3.8) is 0 Å². The first kappa shape index (κ1) is 21.2. The SMILES string of the molecule is CC(C)(C)n1ncc(OOCCO[Si](C)(C)C(C)(C)C)c(Cl)c1=O. The Morgan fingerprint density at radius 3 is 2.25 bits per heavy atom. The lowest BCUT2D eigenvalue weighted by Crippen LogP contribution is -2.41. The van der Waals surface area contributed by atoms with Gasteiger partial charge in [-0.1, -0.05) is 32.4 Å². The van der Waals surface area contributed by atoms with Crippen LogP contribution in [-0.4, -0.2) is 31.3 Å². The molecule has 0 fully saturated rings. The van der Waals surface area contributed by atoms with Gasteiger partial charge in [0.05, 0.1) is 18.3 Å². The fourth-order valence-electron chi connectivity index (χ4n) is 1.61. The predicted molar refractivity (Wildman–Crippen MR) is 98.2 cm³/mol. The van der Waals surface area contributed by atoms with E-state index < -0.39 is 19.4 Å².